The summed E-state index contributed by atoms with van der Waals surface area (Å²) in [6.07, 6.45) is 14.9. The first-order valence-corrected chi connectivity index (χ1v) is 9.91. The molecule has 2 atom stereocenters. The van der Waals surface area contributed by atoms with Gasteiger partial charge in [0.05, 0.1) is 17.9 Å². The molecule has 0 aliphatic heterocycles. The second-order valence-corrected chi connectivity index (χ2v) is 6.76. The van der Waals surface area contributed by atoms with Crippen LogP contribution in [-0.2, 0) is 6.42 Å². The largest absolute Gasteiger partial charge is 0.396 e. The summed E-state index contributed by atoms with van der Waals surface area (Å²) in [7, 11) is 0. The normalized spacial score (nSPS) is 14.3. The van der Waals surface area contributed by atoms with E-state index in [-0.39, 0.29) is 6.61 Å². The minimum Gasteiger partial charge on any atom is -0.396 e. The van der Waals surface area contributed by atoms with Gasteiger partial charge in [-0.2, -0.15) is 0 Å². The summed E-state index contributed by atoms with van der Waals surface area (Å²) in [4.78, 5) is 4.52. The smallest absolute Gasteiger partial charge is 0.0759 e. The van der Waals surface area contributed by atoms with E-state index < -0.39 is 12.2 Å². The van der Waals surface area contributed by atoms with Crippen LogP contribution >= 0.6 is 0 Å². The van der Waals surface area contributed by atoms with Crippen LogP contribution in [0.5, 0.6) is 0 Å². The number of rotatable bonds is 14. The van der Waals surface area contributed by atoms with Crippen LogP contribution in [0.3, 0.4) is 0 Å². The van der Waals surface area contributed by atoms with Crippen molar-refractivity contribution in [1.29, 1.82) is 0 Å². The molecule has 1 rings (SSSR count). The minimum absolute atomic E-state index is 0.168. The van der Waals surface area contributed by atoms with Gasteiger partial charge in [-0.25, -0.2) is 0 Å². The van der Waals surface area contributed by atoms with Gasteiger partial charge in [-0.05, 0) is 56.7 Å². The molecule has 26 heavy (non-hydrogen) atoms. The van der Waals surface area contributed by atoms with Gasteiger partial charge in [0.15, 0.2) is 0 Å². The molecule has 0 spiro atoms. The molecule has 3 N–H and O–H groups in total. The van der Waals surface area contributed by atoms with E-state index in [9.17, 15) is 10.2 Å². The quantitative estimate of drug-likeness (QED) is 0.345. The van der Waals surface area contributed by atoms with Gasteiger partial charge in [0.2, 0.25) is 0 Å². The molecular weight excluding hydrogens is 326 g/mol. The Morgan fingerprint density at radius 2 is 1.92 bits per heavy atom. The molecule has 0 amide bonds. The summed E-state index contributed by atoms with van der Waals surface area (Å²) >= 11 is 0. The van der Waals surface area contributed by atoms with E-state index in [1.54, 1.807) is 6.08 Å². The van der Waals surface area contributed by atoms with Crippen molar-refractivity contribution in [2.45, 2.75) is 76.9 Å². The highest BCUT2D eigenvalue weighted by atomic mass is 16.3. The van der Waals surface area contributed by atoms with Gasteiger partial charge in [0.25, 0.3) is 0 Å². The van der Waals surface area contributed by atoms with Gasteiger partial charge in [0.1, 0.15) is 0 Å². The van der Waals surface area contributed by atoms with Gasteiger partial charge in [0, 0.05) is 18.7 Å². The number of nitrogens with zero attached hydrogens (tertiary/aromatic N) is 1. The molecule has 146 valence electrons. The fourth-order valence-corrected chi connectivity index (χ4v) is 2.69. The number of aliphatic hydroxyl groups is 3. The van der Waals surface area contributed by atoms with Gasteiger partial charge < -0.3 is 15.3 Å². The molecule has 0 bridgehead atoms. The number of allylic oxidation sites excluding steroid dienone is 1. The van der Waals surface area contributed by atoms with Crippen molar-refractivity contribution in [3.63, 3.8) is 0 Å². The van der Waals surface area contributed by atoms with Crippen LogP contribution < -0.4 is 0 Å². The van der Waals surface area contributed by atoms with Crippen LogP contribution in [0.25, 0.3) is 6.08 Å². The predicted octanol–water partition coefficient (Wildman–Crippen LogP) is 4.05. The van der Waals surface area contributed by atoms with Crippen molar-refractivity contribution in [1.82, 2.24) is 4.98 Å². The average molecular weight is 362 g/mol. The SMILES string of the molecule is CCCCC/C=C/CC(O)/C=C/c1cccc(CC(O)CCCCO)n1. The highest BCUT2D eigenvalue weighted by Crippen LogP contribution is 2.10. The number of hydrogen-bond donors (Lipinski definition) is 3. The zero-order chi connectivity index (χ0) is 19.0. The Morgan fingerprint density at radius 3 is 2.69 bits per heavy atom. The van der Waals surface area contributed by atoms with Crippen LogP contribution in [-0.4, -0.2) is 39.1 Å². The maximum atomic E-state index is 10.0. The lowest BCUT2D eigenvalue weighted by Crippen LogP contribution is -2.11. The first kappa shape index (κ1) is 22.6. The number of aliphatic hydroxyl groups excluding tert-OH is 3. The van der Waals surface area contributed by atoms with Crippen LogP contribution in [0.2, 0.25) is 0 Å². The summed E-state index contributed by atoms with van der Waals surface area (Å²) in [5.74, 6) is 0. The van der Waals surface area contributed by atoms with E-state index in [2.05, 4.69) is 18.0 Å². The maximum absolute atomic E-state index is 10.0. The molecular formula is C22H35NO3. The summed E-state index contributed by atoms with van der Waals surface area (Å²) < 4.78 is 0. The van der Waals surface area contributed by atoms with Crippen molar-refractivity contribution >= 4 is 6.08 Å². The van der Waals surface area contributed by atoms with E-state index in [0.717, 1.165) is 30.7 Å². The molecule has 1 aromatic heterocycles. The van der Waals surface area contributed by atoms with Gasteiger partial charge >= 0.3 is 0 Å². The standard InChI is InChI=1S/C22H35NO3/c1-2-3-4-5-6-7-13-21(25)16-15-19-11-10-12-20(23-19)18-22(26)14-8-9-17-24/h6-7,10-12,15-16,21-22,24-26H,2-5,8-9,13-14,17-18H2,1H3/b7-6+,16-15+. The molecule has 0 aliphatic carbocycles. The third-order valence-electron chi connectivity index (χ3n) is 4.23. The Balaban J connectivity index is 2.40. The molecule has 1 heterocycles. The number of hydrogen-bond acceptors (Lipinski definition) is 4. The highest BCUT2D eigenvalue weighted by Gasteiger charge is 2.06. The minimum atomic E-state index is -0.507. The van der Waals surface area contributed by atoms with Crippen molar-refractivity contribution in [3.8, 4) is 0 Å². The summed E-state index contributed by atoms with van der Waals surface area (Å²) in [6, 6.07) is 5.72. The Hall–Kier alpha value is -1.49. The lowest BCUT2D eigenvalue weighted by Gasteiger charge is -2.10. The van der Waals surface area contributed by atoms with Gasteiger partial charge in [-0.1, -0.05) is 44.1 Å². The third kappa shape index (κ3) is 11.2. The van der Waals surface area contributed by atoms with Crippen LogP contribution in [0.15, 0.2) is 36.4 Å². The Labute approximate surface area is 158 Å². The zero-order valence-corrected chi connectivity index (χ0v) is 16.1. The average Bonchev–Trinajstić information content (AvgIpc) is 2.63. The van der Waals surface area contributed by atoms with E-state index in [1.807, 2.05) is 30.4 Å². The third-order valence-corrected chi connectivity index (χ3v) is 4.23. The van der Waals surface area contributed by atoms with Crippen molar-refractivity contribution in [2.75, 3.05) is 6.61 Å². The molecule has 0 aliphatic rings. The van der Waals surface area contributed by atoms with Crippen molar-refractivity contribution < 1.29 is 15.3 Å². The maximum Gasteiger partial charge on any atom is 0.0759 e. The van der Waals surface area contributed by atoms with Gasteiger partial charge in [-0.3, -0.25) is 4.98 Å². The summed E-state index contributed by atoms with van der Waals surface area (Å²) in [5, 5.41) is 28.8. The number of unbranched alkanes of at least 4 members (excludes halogenated alkanes) is 4. The molecule has 4 heteroatoms. The highest BCUT2D eigenvalue weighted by molar-refractivity contribution is 5.45. The fraction of sp³-hybridized carbons (Fsp3) is 0.591. The lowest BCUT2D eigenvalue weighted by atomic mass is 10.1. The predicted molar refractivity (Wildman–Crippen MR) is 108 cm³/mol. The first-order chi connectivity index (χ1) is 12.7. The van der Waals surface area contributed by atoms with E-state index in [4.69, 9.17) is 5.11 Å². The van der Waals surface area contributed by atoms with E-state index >= 15 is 0 Å². The molecule has 2 unspecified atom stereocenters. The van der Waals surface area contributed by atoms with E-state index in [0.29, 0.717) is 19.3 Å². The second kappa shape index (κ2) is 14.7. The molecule has 4 nitrogen and oxygen atoms in total. The number of aromatic nitrogens is 1. The monoisotopic (exact) mass is 361 g/mol. The Morgan fingerprint density at radius 1 is 1.08 bits per heavy atom. The number of pyridine rings is 1. The summed E-state index contributed by atoms with van der Waals surface area (Å²) in [6.45, 7) is 2.36. The molecule has 0 aromatic carbocycles. The zero-order valence-electron chi connectivity index (χ0n) is 16.1. The topological polar surface area (TPSA) is 73.6 Å². The van der Waals surface area contributed by atoms with E-state index in [1.165, 1.54) is 19.3 Å². The van der Waals surface area contributed by atoms with Crippen molar-refractivity contribution in [3.05, 3.63) is 47.8 Å². The Bertz CT molecular complexity index is 528. The molecule has 1 aromatic rings. The second-order valence-electron chi connectivity index (χ2n) is 6.76. The van der Waals surface area contributed by atoms with Gasteiger partial charge in [-0.15, -0.1) is 0 Å². The summed E-state index contributed by atoms with van der Waals surface area (Å²) in [5.41, 5.74) is 1.63. The Kier molecular flexibility index (Phi) is 12.7. The molecule has 0 radical (unpaired) electrons. The first-order valence-electron chi connectivity index (χ1n) is 9.91. The van der Waals surface area contributed by atoms with Crippen molar-refractivity contribution in [2.24, 2.45) is 0 Å². The van der Waals surface area contributed by atoms with Crippen LogP contribution in [0, 0.1) is 0 Å². The van der Waals surface area contributed by atoms with Crippen LogP contribution in [0.1, 0.15) is 69.7 Å². The molecule has 0 fully saturated rings. The lowest BCUT2D eigenvalue weighted by molar-refractivity contribution is 0.156. The van der Waals surface area contributed by atoms with Crippen LogP contribution in [0.4, 0.5) is 0 Å². The fourth-order valence-electron chi connectivity index (χ4n) is 2.69. The molecule has 0 saturated carbocycles. The molecule has 0 saturated heterocycles.